The van der Waals surface area contributed by atoms with E-state index in [4.69, 9.17) is 9.47 Å². The summed E-state index contributed by atoms with van der Waals surface area (Å²) in [6, 6.07) is 5.24. The normalized spacial score (nSPS) is 14.7. The van der Waals surface area contributed by atoms with Crippen molar-refractivity contribution in [2.75, 3.05) is 26.9 Å². The largest absolute Gasteiger partial charge is 0.508 e. The topological polar surface area (TPSA) is 50.7 Å². The molecule has 1 fully saturated rings. The summed E-state index contributed by atoms with van der Waals surface area (Å²) < 4.78 is 10.6. The van der Waals surface area contributed by atoms with Crippen molar-refractivity contribution in [3.8, 4) is 11.5 Å². The first-order valence-corrected chi connectivity index (χ1v) is 6.44. The SMILES string of the molecule is COc1ccc(O)c(CNCCOCC2CC2)c1. The second-order valence-electron chi connectivity index (χ2n) is 4.69. The van der Waals surface area contributed by atoms with Gasteiger partial charge in [-0.25, -0.2) is 0 Å². The summed E-state index contributed by atoms with van der Waals surface area (Å²) in [6.07, 6.45) is 2.65. The number of methoxy groups -OCH3 is 1. The highest BCUT2D eigenvalue weighted by atomic mass is 16.5. The summed E-state index contributed by atoms with van der Waals surface area (Å²) in [5, 5.41) is 12.9. The lowest BCUT2D eigenvalue weighted by atomic mass is 10.2. The Kier molecular flexibility index (Phi) is 4.84. The first-order chi connectivity index (χ1) is 8.79. The summed E-state index contributed by atoms with van der Waals surface area (Å²) in [4.78, 5) is 0. The summed E-state index contributed by atoms with van der Waals surface area (Å²) in [5.74, 6) is 1.87. The molecule has 0 amide bonds. The lowest BCUT2D eigenvalue weighted by Gasteiger charge is -2.09. The van der Waals surface area contributed by atoms with E-state index in [0.717, 1.165) is 37.0 Å². The molecule has 0 saturated heterocycles. The average Bonchev–Trinajstić information content (AvgIpc) is 3.19. The summed E-state index contributed by atoms with van der Waals surface area (Å²) in [6.45, 7) is 3.03. The molecular weight excluding hydrogens is 230 g/mol. The van der Waals surface area contributed by atoms with E-state index >= 15 is 0 Å². The number of phenolic OH excluding ortho intramolecular Hbond substituents is 1. The number of phenols is 1. The van der Waals surface area contributed by atoms with Crippen LogP contribution < -0.4 is 10.1 Å². The van der Waals surface area contributed by atoms with Gasteiger partial charge in [-0.1, -0.05) is 0 Å². The molecule has 1 aromatic rings. The van der Waals surface area contributed by atoms with Crippen molar-refractivity contribution < 1.29 is 14.6 Å². The molecule has 1 aliphatic rings. The molecule has 1 aromatic carbocycles. The van der Waals surface area contributed by atoms with Crippen LogP contribution in [-0.2, 0) is 11.3 Å². The molecule has 2 N–H and O–H groups in total. The monoisotopic (exact) mass is 251 g/mol. The van der Waals surface area contributed by atoms with E-state index in [9.17, 15) is 5.11 Å². The minimum Gasteiger partial charge on any atom is -0.508 e. The highest BCUT2D eigenvalue weighted by Crippen LogP contribution is 2.28. The molecule has 2 rings (SSSR count). The third-order valence-corrected chi connectivity index (χ3v) is 3.08. The lowest BCUT2D eigenvalue weighted by Crippen LogP contribution is -2.19. The molecule has 0 aliphatic heterocycles. The van der Waals surface area contributed by atoms with Gasteiger partial charge in [0, 0.05) is 25.3 Å². The number of hydrogen-bond acceptors (Lipinski definition) is 4. The van der Waals surface area contributed by atoms with E-state index in [2.05, 4.69) is 5.32 Å². The van der Waals surface area contributed by atoms with Crippen LogP contribution in [0, 0.1) is 5.92 Å². The average molecular weight is 251 g/mol. The van der Waals surface area contributed by atoms with Crippen LogP contribution in [0.5, 0.6) is 11.5 Å². The first kappa shape index (κ1) is 13.2. The summed E-state index contributed by atoms with van der Waals surface area (Å²) in [5.41, 5.74) is 0.844. The Hall–Kier alpha value is -1.26. The molecule has 0 heterocycles. The fourth-order valence-corrected chi connectivity index (χ4v) is 1.73. The zero-order chi connectivity index (χ0) is 12.8. The van der Waals surface area contributed by atoms with Crippen molar-refractivity contribution >= 4 is 0 Å². The van der Waals surface area contributed by atoms with E-state index in [1.807, 2.05) is 6.07 Å². The molecule has 1 aliphatic carbocycles. The number of rotatable bonds is 8. The second kappa shape index (κ2) is 6.61. The van der Waals surface area contributed by atoms with Gasteiger partial charge in [0.15, 0.2) is 0 Å². The Bertz CT molecular complexity index is 377. The molecule has 4 heteroatoms. The smallest absolute Gasteiger partial charge is 0.120 e. The van der Waals surface area contributed by atoms with Crippen molar-refractivity contribution in [1.82, 2.24) is 5.32 Å². The third-order valence-electron chi connectivity index (χ3n) is 3.08. The molecule has 4 nitrogen and oxygen atoms in total. The molecule has 0 atom stereocenters. The van der Waals surface area contributed by atoms with Crippen molar-refractivity contribution in [1.29, 1.82) is 0 Å². The fraction of sp³-hybridized carbons (Fsp3) is 0.571. The fourth-order valence-electron chi connectivity index (χ4n) is 1.73. The molecule has 0 aromatic heterocycles. The number of nitrogens with one attached hydrogen (secondary N) is 1. The molecule has 0 radical (unpaired) electrons. The van der Waals surface area contributed by atoms with Gasteiger partial charge in [-0.15, -0.1) is 0 Å². The maximum absolute atomic E-state index is 9.69. The van der Waals surface area contributed by atoms with E-state index in [0.29, 0.717) is 12.3 Å². The van der Waals surface area contributed by atoms with Gasteiger partial charge >= 0.3 is 0 Å². The van der Waals surface area contributed by atoms with Crippen molar-refractivity contribution in [2.24, 2.45) is 5.92 Å². The van der Waals surface area contributed by atoms with Crippen LogP contribution in [0.4, 0.5) is 0 Å². The Morgan fingerprint density at radius 3 is 2.94 bits per heavy atom. The first-order valence-electron chi connectivity index (χ1n) is 6.44. The Balaban J connectivity index is 1.65. The van der Waals surface area contributed by atoms with Gasteiger partial charge in [-0.3, -0.25) is 0 Å². The second-order valence-corrected chi connectivity index (χ2v) is 4.69. The Morgan fingerprint density at radius 1 is 1.39 bits per heavy atom. The van der Waals surface area contributed by atoms with Gasteiger partial charge in [0.05, 0.1) is 13.7 Å². The van der Waals surface area contributed by atoms with Crippen LogP contribution in [0.25, 0.3) is 0 Å². The summed E-state index contributed by atoms with van der Waals surface area (Å²) in [7, 11) is 1.62. The standard InChI is InChI=1S/C14H21NO3/c1-17-13-4-5-14(16)12(8-13)9-15-6-7-18-10-11-2-3-11/h4-5,8,11,15-16H,2-3,6-7,9-10H2,1H3. The van der Waals surface area contributed by atoms with Crippen LogP contribution in [-0.4, -0.2) is 32.0 Å². The van der Waals surface area contributed by atoms with Crippen LogP contribution >= 0.6 is 0 Å². The van der Waals surface area contributed by atoms with Gasteiger partial charge in [0.2, 0.25) is 0 Å². The predicted octanol–water partition coefficient (Wildman–Crippen LogP) is 1.92. The zero-order valence-electron chi connectivity index (χ0n) is 10.8. The Morgan fingerprint density at radius 2 is 2.22 bits per heavy atom. The number of aromatic hydroxyl groups is 1. The summed E-state index contributed by atoms with van der Waals surface area (Å²) >= 11 is 0. The molecule has 0 unspecified atom stereocenters. The number of hydrogen-bond donors (Lipinski definition) is 2. The van der Waals surface area contributed by atoms with Gasteiger partial charge in [-0.05, 0) is 37.0 Å². The molecule has 1 saturated carbocycles. The van der Waals surface area contributed by atoms with Crippen LogP contribution in [0.1, 0.15) is 18.4 Å². The van der Waals surface area contributed by atoms with Crippen LogP contribution in [0.3, 0.4) is 0 Å². The third kappa shape index (κ3) is 4.20. The van der Waals surface area contributed by atoms with Gasteiger partial charge in [0.1, 0.15) is 11.5 Å². The molecule has 0 spiro atoms. The zero-order valence-corrected chi connectivity index (χ0v) is 10.8. The lowest BCUT2D eigenvalue weighted by molar-refractivity contribution is 0.126. The van der Waals surface area contributed by atoms with Gasteiger partial charge in [-0.2, -0.15) is 0 Å². The van der Waals surface area contributed by atoms with Crippen molar-refractivity contribution in [3.05, 3.63) is 23.8 Å². The molecule has 18 heavy (non-hydrogen) atoms. The minimum atomic E-state index is 0.294. The van der Waals surface area contributed by atoms with Gasteiger partial charge < -0.3 is 19.9 Å². The number of ether oxygens (including phenoxy) is 2. The van der Waals surface area contributed by atoms with E-state index in [1.165, 1.54) is 12.8 Å². The van der Waals surface area contributed by atoms with E-state index < -0.39 is 0 Å². The molecule has 100 valence electrons. The van der Waals surface area contributed by atoms with Crippen molar-refractivity contribution in [2.45, 2.75) is 19.4 Å². The minimum absolute atomic E-state index is 0.294. The maximum Gasteiger partial charge on any atom is 0.120 e. The molecule has 0 bridgehead atoms. The van der Waals surface area contributed by atoms with E-state index in [-0.39, 0.29) is 0 Å². The van der Waals surface area contributed by atoms with Crippen LogP contribution in [0.15, 0.2) is 18.2 Å². The van der Waals surface area contributed by atoms with Crippen LogP contribution in [0.2, 0.25) is 0 Å². The van der Waals surface area contributed by atoms with Crippen molar-refractivity contribution in [3.63, 3.8) is 0 Å². The van der Waals surface area contributed by atoms with E-state index in [1.54, 1.807) is 19.2 Å². The molecular formula is C14H21NO3. The van der Waals surface area contributed by atoms with Gasteiger partial charge in [0.25, 0.3) is 0 Å². The predicted molar refractivity (Wildman–Crippen MR) is 69.9 cm³/mol. The quantitative estimate of drug-likeness (QED) is 0.693. The number of benzene rings is 1. The highest BCUT2D eigenvalue weighted by molar-refractivity contribution is 5.39. The maximum atomic E-state index is 9.69. The Labute approximate surface area is 108 Å². The highest BCUT2D eigenvalue weighted by Gasteiger charge is 2.20.